The Bertz CT molecular complexity index is 242. The maximum atomic E-state index is 8.60. The van der Waals surface area contributed by atoms with Gasteiger partial charge in [0.25, 0.3) is 0 Å². The minimum absolute atomic E-state index is 1.04. The molecular formula is C3H5N2O3PS. The summed E-state index contributed by atoms with van der Waals surface area (Å²) < 4.78 is 5.48. The van der Waals surface area contributed by atoms with Gasteiger partial charge in [-0.2, -0.15) is 4.73 Å². The second-order valence-corrected chi connectivity index (χ2v) is 4.07. The molecule has 1 heterocycles. The van der Waals surface area contributed by atoms with E-state index in [1.807, 2.05) is 0 Å². The van der Waals surface area contributed by atoms with Crippen LogP contribution in [-0.2, 0) is 11.8 Å². The van der Waals surface area contributed by atoms with Gasteiger partial charge in [-0.15, -0.1) is 0 Å². The quantitative estimate of drug-likeness (QED) is 0.602. The first-order chi connectivity index (χ1) is 4.58. The molecule has 0 atom stereocenters. The molecule has 5 nitrogen and oxygen atoms in total. The Morgan fingerprint density at radius 1 is 1.60 bits per heavy atom. The third-order valence-electron chi connectivity index (χ3n) is 0.681. The molecule has 2 N–H and O–H groups in total. The van der Waals surface area contributed by atoms with Gasteiger partial charge in [0.1, 0.15) is 6.33 Å². The fourth-order valence-corrected chi connectivity index (χ4v) is 0.991. The average Bonchev–Trinajstić information content (AvgIpc) is 2.12. The van der Waals surface area contributed by atoms with Gasteiger partial charge < -0.3 is 14.4 Å². The Labute approximate surface area is 62.1 Å². The minimum Gasteiger partial charge on any atom is -0.331 e. The highest BCUT2D eigenvalue weighted by atomic mass is 32.5. The van der Waals surface area contributed by atoms with Gasteiger partial charge in [-0.3, -0.25) is 0 Å². The topological polar surface area (TPSA) is 67.5 Å². The average molecular weight is 180 g/mol. The fourth-order valence-electron chi connectivity index (χ4n) is 0.418. The predicted molar refractivity (Wildman–Crippen MR) is 37.5 cm³/mol. The summed E-state index contributed by atoms with van der Waals surface area (Å²) in [5.74, 6) is 0. The molecule has 0 aliphatic heterocycles. The molecule has 0 saturated heterocycles. The number of hydrogen-bond acceptors (Lipinski definition) is 3. The van der Waals surface area contributed by atoms with Crippen LogP contribution in [0.15, 0.2) is 18.7 Å². The monoisotopic (exact) mass is 180 g/mol. The maximum Gasteiger partial charge on any atom is 0.394 e. The molecule has 10 heavy (non-hydrogen) atoms. The van der Waals surface area contributed by atoms with E-state index in [4.69, 9.17) is 9.79 Å². The molecule has 0 radical (unpaired) electrons. The van der Waals surface area contributed by atoms with Crippen molar-refractivity contribution in [3.63, 3.8) is 0 Å². The van der Waals surface area contributed by atoms with Gasteiger partial charge in [0.05, 0.1) is 6.20 Å². The maximum absolute atomic E-state index is 8.60. The molecule has 1 aromatic rings. The molecule has 1 aromatic heterocycles. The van der Waals surface area contributed by atoms with Crippen LogP contribution in [0.2, 0.25) is 0 Å². The van der Waals surface area contributed by atoms with Crippen molar-refractivity contribution < 1.29 is 14.4 Å². The Morgan fingerprint density at radius 3 is 2.70 bits per heavy atom. The van der Waals surface area contributed by atoms with Crippen molar-refractivity contribution in [2.45, 2.75) is 0 Å². The molecule has 0 aliphatic carbocycles. The summed E-state index contributed by atoms with van der Waals surface area (Å²) in [5.41, 5.74) is 0. The van der Waals surface area contributed by atoms with Crippen molar-refractivity contribution in [2.75, 3.05) is 0 Å². The van der Waals surface area contributed by atoms with Crippen LogP contribution in [0, 0.1) is 0 Å². The molecule has 0 aliphatic rings. The van der Waals surface area contributed by atoms with Crippen LogP contribution in [0.5, 0.6) is 0 Å². The van der Waals surface area contributed by atoms with Crippen molar-refractivity contribution >= 4 is 18.5 Å². The summed E-state index contributed by atoms with van der Waals surface area (Å²) in [6.07, 6.45) is 4.12. The van der Waals surface area contributed by atoms with Crippen LogP contribution in [-0.4, -0.2) is 19.5 Å². The van der Waals surface area contributed by atoms with Crippen molar-refractivity contribution in [1.29, 1.82) is 0 Å². The van der Waals surface area contributed by atoms with E-state index in [1.54, 1.807) is 0 Å². The van der Waals surface area contributed by atoms with Gasteiger partial charge >= 0.3 is 6.72 Å². The lowest BCUT2D eigenvalue weighted by molar-refractivity contribution is 0.224. The lowest BCUT2D eigenvalue weighted by Crippen LogP contribution is -2.04. The molecule has 0 saturated carbocycles. The van der Waals surface area contributed by atoms with E-state index in [1.165, 1.54) is 18.7 Å². The van der Waals surface area contributed by atoms with Gasteiger partial charge in [-0.1, -0.05) is 0 Å². The van der Waals surface area contributed by atoms with Crippen molar-refractivity contribution in [3.8, 4) is 0 Å². The molecule has 7 heteroatoms. The summed E-state index contributed by atoms with van der Waals surface area (Å²) in [6.45, 7) is -3.60. The van der Waals surface area contributed by atoms with Crippen LogP contribution in [0.4, 0.5) is 0 Å². The Morgan fingerprint density at radius 2 is 2.30 bits per heavy atom. The van der Waals surface area contributed by atoms with Crippen molar-refractivity contribution in [1.82, 2.24) is 9.71 Å². The highest BCUT2D eigenvalue weighted by Gasteiger charge is 2.08. The highest BCUT2D eigenvalue weighted by molar-refractivity contribution is 8.06. The molecule has 0 unspecified atom stereocenters. The second kappa shape index (κ2) is 2.67. The van der Waals surface area contributed by atoms with E-state index in [9.17, 15) is 0 Å². The first-order valence-corrected chi connectivity index (χ1v) is 4.94. The van der Waals surface area contributed by atoms with Crippen LogP contribution in [0.3, 0.4) is 0 Å². The van der Waals surface area contributed by atoms with E-state index in [2.05, 4.69) is 21.4 Å². The van der Waals surface area contributed by atoms with Crippen LogP contribution in [0.1, 0.15) is 0 Å². The third-order valence-corrected chi connectivity index (χ3v) is 1.28. The molecule has 0 aromatic carbocycles. The molecule has 0 amide bonds. The van der Waals surface area contributed by atoms with E-state index < -0.39 is 6.72 Å². The van der Waals surface area contributed by atoms with Gasteiger partial charge in [-0.25, -0.2) is 4.98 Å². The summed E-state index contributed by atoms with van der Waals surface area (Å²) in [6, 6.07) is 0. The standard InChI is InChI=1S/C3H5N2O3PS/c6-9(7,10)8-5-2-1-4-3-5/h1-3H,(H2,6,7,10). The second-order valence-electron chi connectivity index (χ2n) is 1.49. The van der Waals surface area contributed by atoms with Crippen LogP contribution in [0.25, 0.3) is 0 Å². The zero-order chi connectivity index (χ0) is 7.61. The molecule has 0 bridgehead atoms. The van der Waals surface area contributed by atoms with Crippen LogP contribution >= 0.6 is 6.72 Å². The van der Waals surface area contributed by atoms with Crippen molar-refractivity contribution in [2.24, 2.45) is 0 Å². The lowest BCUT2D eigenvalue weighted by Gasteiger charge is -2.07. The van der Waals surface area contributed by atoms with Gasteiger partial charge in [0.15, 0.2) is 0 Å². The fraction of sp³-hybridized carbons (Fsp3) is 0. The first-order valence-electron chi connectivity index (χ1n) is 2.31. The normalized spacial score (nSPS) is 11.4. The number of nitrogens with zero attached hydrogens (tertiary/aromatic N) is 2. The van der Waals surface area contributed by atoms with E-state index in [-0.39, 0.29) is 0 Å². The number of hydrogen-bond donors (Lipinski definition) is 2. The highest BCUT2D eigenvalue weighted by Crippen LogP contribution is 2.31. The third kappa shape index (κ3) is 2.45. The predicted octanol–water partition coefficient (Wildman–Crippen LogP) is -0.479. The van der Waals surface area contributed by atoms with Gasteiger partial charge in [0.2, 0.25) is 0 Å². The Hall–Kier alpha value is -0.420. The summed E-state index contributed by atoms with van der Waals surface area (Å²) in [5, 5.41) is 0. The Balaban J connectivity index is 2.66. The summed E-state index contributed by atoms with van der Waals surface area (Å²) in [7, 11) is 0. The minimum atomic E-state index is -3.60. The van der Waals surface area contributed by atoms with Crippen molar-refractivity contribution in [3.05, 3.63) is 18.7 Å². The number of rotatable bonds is 2. The smallest absolute Gasteiger partial charge is 0.331 e. The molecule has 1 rings (SSSR count). The largest absolute Gasteiger partial charge is 0.394 e. The number of aromatic nitrogens is 2. The summed E-state index contributed by atoms with van der Waals surface area (Å²) >= 11 is 4.18. The lowest BCUT2D eigenvalue weighted by atomic mass is 11.0. The zero-order valence-electron chi connectivity index (χ0n) is 4.78. The molecule has 0 spiro atoms. The Kier molecular flexibility index (Phi) is 2.05. The molecule has 0 fully saturated rings. The SMILES string of the molecule is OP(O)(=S)On1ccnc1. The molecular weight excluding hydrogens is 175 g/mol. The van der Waals surface area contributed by atoms with Crippen LogP contribution < -0.4 is 4.62 Å². The molecule has 56 valence electrons. The van der Waals surface area contributed by atoms with E-state index in [0.717, 1.165) is 4.73 Å². The first kappa shape index (κ1) is 7.68. The summed E-state index contributed by atoms with van der Waals surface area (Å²) in [4.78, 5) is 20.8. The van der Waals surface area contributed by atoms with Gasteiger partial charge in [-0.05, 0) is 0 Å². The van der Waals surface area contributed by atoms with E-state index >= 15 is 0 Å². The zero-order valence-corrected chi connectivity index (χ0v) is 6.50. The van der Waals surface area contributed by atoms with E-state index in [0.29, 0.717) is 0 Å². The van der Waals surface area contributed by atoms with Gasteiger partial charge in [0, 0.05) is 18.0 Å². The number of imidazole rings is 1.